The van der Waals surface area contributed by atoms with Crippen LogP contribution in [0.3, 0.4) is 0 Å². The lowest BCUT2D eigenvalue weighted by Crippen LogP contribution is -2.40. The lowest BCUT2D eigenvalue weighted by Gasteiger charge is -2.26. The summed E-state index contributed by atoms with van der Waals surface area (Å²) in [4.78, 5) is 12.2. The fourth-order valence-electron chi connectivity index (χ4n) is 2.78. The van der Waals surface area contributed by atoms with Gasteiger partial charge in [0.2, 0.25) is 0 Å². The monoisotopic (exact) mass is 304 g/mol. The molecule has 22 heavy (non-hydrogen) atoms. The Morgan fingerprint density at radius 1 is 1.18 bits per heavy atom. The molecule has 3 N–H and O–H groups in total. The minimum Gasteiger partial charge on any atom is -0.494 e. The molecule has 122 valence electrons. The van der Waals surface area contributed by atoms with Crippen molar-refractivity contribution in [1.29, 1.82) is 0 Å². The number of nitrogens with two attached hydrogens (primary N) is 1. The van der Waals surface area contributed by atoms with E-state index in [4.69, 9.17) is 10.5 Å². The second-order valence-corrected chi connectivity index (χ2v) is 6.17. The van der Waals surface area contributed by atoms with E-state index in [9.17, 15) is 4.79 Å². The summed E-state index contributed by atoms with van der Waals surface area (Å²) >= 11 is 0. The number of benzene rings is 1. The lowest BCUT2D eigenvalue weighted by molar-refractivity contribution is 0.0926. The van der Waals surface area contributed by atoms with Crippen LogP contribution in [0.1, 0.15) is 62.2 Å². The molecular weight excluding hydrogens is 276 g/mol. The molecule has 0 heterocycles. The van der Waals surface area contributed by atoms with E-state index in [0.29, 0.717) is 11.6 Å². The van der Waals surface area contributed by atoms with Gasteiger partial charge in [0.1, 0.15) is 5.75 Å². The molecule has 2 rings (SSSR count). The van der Waals surface area contributed by atoms with E-state index in [-0.39, 0.29) is 11.9 Å². The van der Waals surface area contributed by atoms with Crippen LogP contribution in [-0.2, 0) is 0 Å². The molecule has 0 spiro atoms. The highest BCUT2D eigenvalue weighted by Crippen LogP contribution is 2.18. The first kappa shape index (κ1) is 16.8. The maximum atomic E-state index is 12.2. The van der Waals surface area contributed by atoms with Crippen LogP contribution < -0.4 is 15.8 Å². The molecule has 1 aromatic carbocycles. The van der Waals surface area contributed by atoms with Crippen LogP contribution in [0.5, 0.6) is 5.75 Å². The van der Waals surface area contributed by atoms with E-state index in [1.54, 1.807) is 0 Å². The number of ether oxygens (including phenoxy) is 1. The average molecular weight is 304 g/mol. The molecule has 0 aliphatic heterocycles. The molecule has 1 amide bonds. The van der Waals surface area contributed by atoms with E-state index >= 15 is 0 Å². The van der Waals surface area contributed by atoms with Crippen LogP contribution in [0.4, 0.5) is 0 Å². The van der Waals surface area contributed by atoms with E-state index in [1.165, 1.54) is 12.8 Å². The number of hydrogen-bond donors (Lipinski definition) is 2. The Morgan fingerprint density at radius 2 is 1.86 bits per heavy atom. The molecule has 4 heteroatoms. The van der Waals surface area contributed by atoms with Crippen LogP contribution in [0, 0.1) is 0 Å². The first-order valence-corrected chi connectivity index (χ1v) is 8.48. The summed E-state index contributed by atoms with van der Waals surface area (Å²) in [7, 11) is 0. The van der Waals surface area contributed by atoms with Gasteiger partial charge < -0.3 is 15.8 Å². The minimum absolute atomic E-state index is 0.00185. The number of carbonyl (C=O) groups is 1. The minimum atomic E-state index is -0.00185. The number of nitrogens with one attached hydrogen (secondary N) is 1. The van der Waals surface area contributed by atoms with E-state index in [1.807, 2.05) is 24.3 Å². The predicted molar refractivity (Wildman–Crippen MR) is 89.2 cm³/mol. The van der Waals surface area contributed by atoms with Crippen LogP contribution in [0.2, 0.25) is 0 Å². The first-order valence-electron chi connectivity index (χ1n) is 8.48. The molecule has 0 bridgehead atoms. The van der Waals surface area contributed by atoms with Crippen molar-refractivity contribution in [1.82, 2.24) is 5.32 Å². The van der Waals surface area contributed by atoms with Crippen molar-refractivity contribution >= 4 is 5.91 Å². The molecule has 1 aromatic rings. The van der Waals surface area contributed by atoms with Crippen molar-refractivity contribution in [2.24, 2.45) is 5.73 Å². The van der Waals surface area contributed by atoms with Gasteiger partial charge in [-0.1, -0.05) is 19.8 Å². The second kappa shape index (κ2) is 8.79. The highest BCUT2D eigenvalue weighted by atomic mass is 16.5. The summed E-state index contributed by atoms with van der Waals surface area (Å²) in [6, 6.07) is 7.97. The maximum absolute atomic E-state index is 12.2. The molecule has 0 unspecified atom stereocenters. The van der Waals surface area contributed by atoms with Gasteiger partial charge in [-0.25, -0.2) is 0 Å². The smallest absolute Gasteiger partial charge is 0.251 e. The number of rotatable bonds is 7. The topological polar surface area (TPSA) is 64.3 Å². The third kappa shape index (κ3) is 5.34. The van der Waals surface area contributed by atoms with Gasteiger partial charge in [0.25, 0.3) is 5.91 Å². The molecule has 0 atom stereocenters. The Kier molecular flexibility index (Phi) is 6.72. The van der Waals surface area contributed by atoms with Crippen LogP contribution >= 0.6 is 0 Å². The molecule has 4 nitrogen and oxygen atoms in total. The molecule has 0 aromatic heterocycles. The second-order valence-electron chi connectivity index (χ2n) is 6.17. The third-order valence-electron chi connectivity index (χ3n) is 4.24. The number of carbonyl (C=O) groups excluding carboxylic acids is 1. The standard InChI is InChI=1S/C18H28N2O2/c1-2-3-4-13-22-17-11-5-14(6-12-17)18(21)20-16-9-7-15(19)8-10-16/h5-6,11-12,15-16H,2-4,7-10,13,19H2,1H3,(H,20,21). The summed E-state index contributed by atoms with van der Waals surface area (Å²) < 4.78 is 5.66. The van der Waals surface area contributed by atoms with Crippen molar-refractivity contribution < 1.29 is 9.53 Å². The largest absolute Gasteiger partial charge is 0.494 e. The highest BCUT2D eigenvalue weighted by molar-refractivity contribution is 5.94. The molecule has 0 radical (unpaired) electrons. The van der Waals surface area contributed by atoms with Gasteiger partial charge >= 0.3 is 0 Å². The Hall–Kier alpha value is -1.55. The maximum Gasteiger partial charge on any atom is 0.251 e. The summed E-state index contributed by atoms with van der Waals surface area (Å²) in [6.45, 7) is 2.91. The van der Waals surface area contributed by atoms with Gasteiger partial charge in [-0.2, -0.15) is 0 Å². The van der Waals surface area contributed by atoms with Gasteiger partial charge in [0.15, 0.2) is 0 Å². The third-order valence-corrected chi connectivity index (χ3v) is 4.24. The fraction of sp³-hybridized carbons (Fsp3) is 0.611. The Labute approximate surface area is 133 Å². The summed E-state index contributed by atoms with van der Waals surface area (Å²) in [5.41, 5.74) is 6.58. The van der Waals surface area contributed by atoms with E-state index < -0.39 is 0 Å². The number of hydrogen-bond acceptors (Lipinski definition) is 3. The lowest BCUT2D eigenvalue weighted by atomic mass is 9.91. The Morgan fingerprint density at radius 3 is 2.50 bits per heavy atom. The summed E-state index contributed by atoms with van der Waals surface area (Å²) in [6.07, 6.45) is 7.39. The SMILES string of the molecule is CCCCCOc1ccc(C(=O)NC2CCC(N)CC2)cc1. The van der Waals surface area contributed by atoms with Crippen molar-refractivity contribution in [2.75, 3.05) is 6.61 Å². The van der Waals surface area contributed by atoms with Crippen LogP contribution in [-0.4, -0.2) is 24.6 Å². The Balaban J connectivity index is 1.78. The Bertz CT molecular complexity index is 451. The highest BCUT2D eigenvalue weighted by Gasteiger charge is 2.20. The number of unbranched alkanes of at least 4 members (excludes halogenated alkanes) is 2. The zero-order valence-corrected chi connectivity index (χ0v) is 13.5. The van der Waals surface area contributed by atoms with Gasteiger partial charge in [0.05, 0.1) is 6.61 Å². The van der Waals surface area contributed by atoms with Crippen LogP contribution in [0.15, 0.2) is 24.3 Å². The van der Waals surface area contributed by atoms with Gasteiger partial charge in [-0.15, -0.1) is 0 Å². The molecule has 1 aliphatic carbocycles. The molecule has 1 saturated carbocycles. The quantitative estimate of drug-likeness (QED) is 0.760. The molecule has 1 fully saturated rings. The molecular formula is C18H28N2O2. The zero-order chi connectivity index (χ0) is 15.8. The molecule has 0 saturated heterocycles. The predicted octanol–water partition coefficient (Wildman–Crippen LogP) is 3.26. The summed E-state index contributed by atoms with van der Waals surface area (Å²) in [5, 5.41) is 3.10. The van der Waals surface area contributed by atoms with Gasteiger partial charge in [0, 0.05) is 17.6 Å². The van der Waals surface area contributed by atoms with E-state index in [0.717, 1.165) is 44.5 Å². The van der Waals surface area contributed by atoms with Gasteiger partial charge in [-0.3, -0.25) is 4.79 Å². The van der Waals surface area contributed by atoms with Gasteiger partial charge in [-0.05, 0) is 56.4 Å². The van der Waals surface area contributed by atoms with Crippen molar-refractivity contribution in [3.8, 4) is 5.75 Å². The zero-order valence-electron chi connectivity index (χ0n) is 13.5. The van der Waals surface area contributed by atoms with E-state index in [2.05, 4.69) is 12.2 Å². The van der Waals surface area contributed by atoms with Crippen molar-refractivity contribution in [3.63, 3.8) is 0 Å². The normalized spacial score (nSPS) is 21.4. The number of amides is 1. The molecule has 1 aliphatic rings. The van der Waals surface area contributed by atoms with Crippen LogP contribution in [0.25, 0.3) is 0 Å². The average Bonchev–Trinajstić information content (AvgIpc) is 2.54. The summed E-state index contributed by atoms with van der Waals surface area (Å²) in [5.74, 6) is 0.828. The first-order chi connectivity index (χ1) is 10.7. The van der Waals surface area contributed by atoms with Crippen molar-refractivity contribution in [3.05, 3.63) is 29.8 Å². The van der Waals surface area contributed by atoms with Crippen molar-refractivity contribution in [2.45, 2.75) is 64.0 Å². The fourth-order valence-corrected chi connectivity index (χ4v) is 2.78.